The Hall–Kier alpha value is -0.850. The SMILES string of the molecule is CNC(Cc1csc(C)n1)c1ccc(F)c(F)c1Br. The maximum Gasteiger partial charge on any atom is 0.173 e. The van der Waals surface area contributed by atoms with Gasteiger partial charge in [-0.25, -0.2) is 13.8 Å². The fourth-order valence-electron chi connectivity index (χ4n) is 1.89. The van der Waals surface area contributed by atoms with Gasteiger partial charge in [-0.05, 0) is 41.5 Å². The number of benzene rings is 1. The molecule has 1 unspecified atom stereocenters. The van der Waals surface area contributed by atoms with Crippen LogP contribution in [0, 0.1) is 18.6 Å². The Morgan fingerprint density at radius 1 is 1.42 bits per heavy atom. The van der Waals surface area contributed by atoms with Gasteiger partial charge >= 0.3 is 0 Å². The minimum Gasteiger partial charge on any atom is -0.313 e. The largest absolute Gasteiger partial charge is 0.313 e. The fraction of sp³-hybridized carbons (Fsp3) is 0.308. The number of nitrogens with zero attached hydrogens (tertiary/aromatic N) is 1. The van der Waals surface area contributed by atoms with Crippen LogP contribution in [-0.4, -0.2) is 12.0 Å². The molecule has 102 valence electrons. The molecule has 0 amide bonds. The van der Waals surface area contributed by atoms with E-state index in [0.29, 0.717) is 12.0 Å². The number of likely N-dealkylation sites (N-methyl/N-ethyl adjacent to an activating group) is 1. The molecule has 2 nitrogen and oxygen atoms in total. The second-order valence-electron chi connectivity index (χ2n) is 4.17. The number of thiazole rings is 1. The average Bonchev–Trinajstić information content (AvgIpc) is 2.80. The number of hydrogen-bond donors (Lipinski definition) is 1. The van der Waals surface area contributed by atoms with Crippen molar-refractivity contribution in [1.29, 1.82) is 0 Å². The fourth-order valence-corrected chi connectivity index (χ4v) is 3.11. The zero-order valence-electron chi connectivity index (χ0n) is 10.5. The van der Waals surface area contributed by atoms with Crippen molar-refractivity contribution >= 4 is 27.3 Å². The van der Waals surface area contributed by atoms with E-state index in [-0.39, 0.29) is 10.5 Å². The van der Waals surface area contributed by atoms with Crippen LogP contribution < -0.4 is 5.32 Å². The van der Waals surface area contributed by atoms with Crippen LogP contribution in [0.4, 0.5) is 8.78 Å². The number of halogens is 3. The Bertz CT molecular complexity index is 586. The van der Waals surface area contributed by atoms with Crippen LogP contribution in [0.25, 0.3) is 0 Å². The first-order valence-corrected chi connectivity index (χ1v) is 7.42. The van der Waals surface area contributed by atoms with E-state index in [9.17, 15) is 8.78 Å². The molecule has 2 rings (SSSR count). The molecule has 0 aliphatic rings. The monoisotopic (exact) mass is 346 g/mol. The maximum atomic E-state index is 13.6. The van der Waals surface area contributed by atoms with Gasteiger partial charge in [0.05, 0.1) is 15.2 Å². The van der Waals surface area contributed by atoms with Gasteiger partial charge in [0.15, 0.2) is 11.6 Å². The lowest BCUT2D eigenvalue weighted by Crippen LogP contribution is -2.20. The second-order valence-corrected chi connectivity index (χ2v) is 6.02. The molecule has 0 aliphatic heterocycles. The normalized spacial score (nSPS) is 12.7. The summed E-state index contributed by atoms with van der Waals surface area (Å²) in [5.41, 5.74) is 1.63. The lowest BCUT2D eigenvalue weighted by atomic mass is 10.0. The van der Waals surface area contributed by atoms with E-state index in [2.05, 4.69) is 26.2 Å². The molecular formula is C13H13BrF2N2S. The molecule has 19 heavy (non-hydrogen) atoms. The summed E-state index contributed by atoms with van der Waals surface area (Å²) >= 11 is 4.70. The molecule has 1 heterocycles. The van der Waals surface area contributed by atoms with Gasteiger partial charge in [-0.3, -0.25) is 0 Å². The molecular weight excluding hydrogens is 334 g/mol. The third kappa shape index (κ3) is 3.19. The van der Waals surface area contributed by atoms with E-state index in [1.54, 1.807) is 24.5 Å². The van der Waals surface area contributed by atoms with Crippen LogP contribution in [0.1, 0.15) is 22.3 Å². The minimum absolute atomic E-state index is 0.119. The van der Waals surface area contributed by atoms with Gasteiger partial charge in [0, 0.05) is 17.8 Å². The minimum atomic E-state index is -0.854. The van der Waals surface area contributed by atoms with Gasteiger partial charge in [0.25, 0.3) is 0 Å². The molecule has 0 fully saturated rings. The number of aromatic nitrogens is 1. The number of hydrogen-bond acceptors (Lipinski definition) is 3. The second kappa shape index (κ2) is 6.07. The van der Waals surface area contributed by atoms with Crippen LogP contribution in [0.15, 0.2) is 22.0 Å². The Kier molecular flexibility index (Phi) is 4.65. The average molecular weight is 347 g/mol. The molecule has 1 atom stereocenters. The zero-order valence-corrected chi connectivity index (χ0v) is 12.9. The van der Waals surface area contributed by atoms with Gasteiger partial charge in [-0.2, -0.15) is 0 Å². The Labute approximate surface area is 123 Å². The van der Waals surface area contributed by atoms with Crippen molar-refractivity contribution in [2.45, 2.75) is 19.4 Å². The quantitative estimate of drug-likeness (QED) is 0.846. The lowest BCUT2D eigenvalue weighted by molar-refractivity contribution is 0.495. The predicted octanol–water partition coefficient (Wildman–Crippen LogP) is 4.00. The highest BCUT2D eigenvalue weighted by Crippen LogP contribution is 2.29. The standard InChI is InChI=1S/C13H13BrF2N2S/c1-7-18-8(6-19-7)5-11(17-2)9-3-4-10(15)13(16)12(9)14/h3-4,6,11,17H,5H2,1-2H3. The first kappa shape index (κ1) is 14.6. The Morgan fingerprint density at radius 3 is 2.74 bits per heavy atom. The molecule has 1 N–H and O–H groups in total. The van der Waals surface area contributed by atoms with E-state index in [4.69, 9.17) is 0 Å². The van der Waals surface area contributed by atoms with Crippen LogP contribution in [0.5, 0.6) is 0 Å². The topological polar surface area (TPSA) is 24.9 Å². The third-order valence-corrected chi connectivity index (χ3v) is 4.50. The molecule has 6 heteroatoms. The smallest absolute Gasteiger partial charge is 0.173 e. The summed E-state index contributed by atoms with van der Waals surface area (Å²) in [4.78, 5) is 4.39. The van der Waals surface area contributed by atoms with Gasteiger partial charge in [0.2, 0.25) is 0 Å². The lowest BCUT2D eigenvalue weighted by Gasteiger charge is -2.17. The molecule has 0 bridgehead atoms. The Morgan fingerprint density at radius 2 is 2.16 bits per heavy atom. The Balaban J connectivity index is 2.29. The molecule has 0 spiro atoms. The number of aryl methyl sites for hydroxylation is 1. The summed E-state index contributed by atoms with van der Waals surface area (Å²) < 4.78 is 26.9. The summed E-state index contributed by atoms with van der Waals surface area (Å²) in [5, 5.41) is 6.08. The molecule has 1 aromatic carbocycles. The highest BCUT2D eigenvalue weighted by Gasteiger charge is 2.19. The number of rotatable bonds is 4. The van der Waals surface area contributed by atoms with Crippen molar-refractivity contribution in [2.24, 2.45) is 0 Å². The van der Waals surface area contributed by atoms with Crippen molar-refractivity contribution in [2.75, 3.05) is 7.05 Å². The van der Waals surface area contributed by atoms with Gasteiger partial charge in [-0.1, -0.05) is 6.07 Å². The molecule has 0 radical (unpaired) electrons. The van der Waals surface area contributed by atoms with Gasteiger partial charge < -0.3 is 5.32 Å². The van der Waals surface area contributed by atoms with Gasteiger partial charge in [0.1, 0.15) is 0 Å². The summed E-state index contributed by atoms with van der Waals surface area (Å²) in [6.07, 6.45) is 0.629. The molecule has 2 aromatic rings. The van der Waals surface area contributed by atoms with Crippen LogP contribution in [0.3, 0.4) is 0 Å². The first-order valence-electron chi connectivity index (χ1n) is 5.74. The van der Waals surface area contributed by atoms with Crippen molar-refractivity contribution in [3.8, 4) is 0 Å². The summed E-state index contributed by atoms with van der Waals surface area (Å²) in [6.45, 7) is 1.94. The van der Waals surface area contributed by atoms with E-state index in [1.165, 1.54) is 0 Å². The third-order valence-electron chi connectivity index (χ3n) is 2.87. The first-order chi connectivity index (χ1) is 9.02. The summed E-state index contributed by atoms with van der Waals surface area (Å²) in [7, 11) is 1.79. The number of nitrogens with one attached hydrogen (secondary N) is 1. The predicted molar refractivity (Wildman–Crippen MR) is 76.4 cm³/mol. The van der Waals surface area contributed by atoms with Gasteiger partial charge in [-0.15, -0.1) is 11.3 Å². The molecule has 1 aromatic heterocycles. The highest BCUT2D eigenvalue weighted by molar-refractivity contribution is 9.10. The molecule has 0 aliphatic carbocycles. The van der Waals surface area contributed by atoms with Crippen molar-refractivity contribution in [3.05, 3.63) is 49.9 Å². The zero-order chi connectivity index (χ0) is 14.0. The van der Waals surface area contributed by atoms with E-state index < -0.39 is 11.6 Å². The van der Waals surface area contributed by atoms with E-state index in [0.717, 1.165) is 16.8 Å². The van der Waals surface area contributed by atoms with Crippen LogP contribution >= 0.6 is 27.3 Å². The van der Waals surface area contributed by atoms with Crippen molar-refractivity contribution in [1.82, 2.24) is 10.3 Å². The van der Waals surface area contributed by atoms with Crippen molar-refractivity contribution < 1.29 is 8.78 Å². The van der Waals surface area contributed by atoms with E-state index >= 15 is 0 Å². The maximum absolute atomic E-state index is 13.6. The summed E-state index contributed by atoms with van der Waals surface area (Å²) in [5.74, 6) is -1.71. The highest BCUT2D eigenvalue weighted by atomic mass is 79.9. The van der Waals surface area contributed by atoms with E-state index in [1.807, 2.05) is 12.3 Å². The van der Waals surface area contributed by atoms with Crippen LogP contribution in [-0.2, 0) is 6.42 Å². The summed E-state index contributed by atoms with van der Waals surface area (Å²) in [6, 6.07) is 2.61. The molecule has 0 saturated carbocycles. The van der Waals surface area contributed by atoms with Crippen LogP contribution in [0.2, 0.25) is 0 Å². The molecule has 0 saturated heterocycles. The van der Waals surface area contributed by atoms with Crippen molar-refractivity contribution in [3.63, 3.8) is 0 Å².